The summed E-state index contributed by atoms with van der Waals surface area (Å²) in [5.74, 6) is 0. The summed E-state index contributed by atoms with van der Waals surface area (Å²) in [5.41, 5.74) is -5.34. The van der Waals surface area contributed by atoms with Gasteiger partial charge in [-0.15, -0.1) is 0 Å². The van der Waals surface area contributed by atoms with E-state index in [1.165, 1.54) is 12.1 Å². The lowest BCUT2D eigenvalue weighted by Gasteiger charge is -2.28. The minimum absolute atomic E-state index is 0.294. The monoisotopic (exact) mass is 346 g/mol. The van der Waals surface area contributed by atoms with Crippen LogP contribution in [0.25, 0.3) is 6.08 Å². The fraction of sp³-hybridized carbons (Fsp3) is 0.176. The SMILES string of the molecule is OC(C=Cc1ccccc1)(c1cccc(C(F)(F)F)c1)C(F)(F)F. The summed E-state index contributed by atoms with van der Waals surface area (Å²) in [4.78, 5) is 0. The molecule has 0 aliphatic rings. The van der Waals surface area contributed by atoms with Crippen LogP contribution in [0.4, 0.5) is 26.3 Å². The maximum absolute atomic E-state index is 13.3. The fourth-order valence-corrected chi connectivity index (χ4v) is 2.07. The first-order valence-electron chi connectivity index (χ1n) is 6.75. The molecule has 0 radical (unpaired) electrons. The maximum Gasteiger partial charge on any atom is 0.425 e. The van der Waals surface area contributed by atoms with Gasteiger partial charge in [0.15, 0.2) is 0 Å². The van der Waals surface area contributed by atoms with Crippen molar-refractivity contribution in [2.45, 2.75) is 18.0 Å². The predicted molar refractivity (Wildman–Crippen MR) is 76.9 cm³/mol. The molecule has 0 aliphatic carbocycles. The van der Waals surface area contributed by atoms with Gasteiger partial charge in [0.25, 0.3) is 0 Å². The molecule has 0 amide bonds. The normalized spacial score (nSPS) is 15.5. The largest absolute Gasteiger partial charge is 0.425 e. The average molecular weight is 346 g/mol. The summed E-state index contributed by atoms with van der Waals surface area (Å²) >= 11 is 0. The van der Waals surface area contributed by atoms with Crippen LogP contribution in [0.5, 0.6) is 0 Å². The molecule has 0 saturated heterocycles. The summed E-state index contributed by atoms with van der Waals surface area (Å²) in [6.07, 6.45) is -8.56. The van der Waals surface area contributed by atoms with Crippen molar-refractivity contribution >= 4 is 6.08 Å². The fourth-order valence-electron chi connectivity index (χ4n) is 2.07. The van der Waals surface area contributed by atoms with E-state index in [-0.39, 0.29) is 0 Å². The Morgan fingerprint density at radius 3 is 1.88 bits per heavy atom. The van der Waals surface area contributed by atoms with E-state index in [0.717, 1.165) is 18.2 Å². The highest BCUT2D eigenvalue weighted by Crippen LogP contribution is 2.42. The number of hydrogen-bond acceptors (Lipinski definition) is 1. The standard InChI is InChI=1S/C17H12F6O/c18-16(19,20)14-8-4-7-13(11-14)15(24,17(21,22)23)10-9-12-5-2-1-3-6-12/h1-11,24H. The van der Waals surface area contributed by atoms with Crippen molar-refractivity contribution in [2.75, 3.05) is 0 Å². The lowest BCUT2D eigenvalue weighted by molar-refractivity contribution is -0.245. The van der Waals surface area contributed by atoms with Crippen molar-refractivity contribution in [1.29, 1.82) is 0 Å². The van der Waals surface area contributed by atoms with Crippen LogP contribution in [0.15, 0.2) is 60.7 Å². The third-order valence-electron chi connectivity index (χ3n) is 3.38. The number of halogens is 6. The lowest BCUT2D eigenvalue weighted by atomic mass is 9.90. The second kappa shape index (κ2) is 6.32. The summed E-state index contributed by atoms with van der Waals surface area (Å²) in [7, 11) is 0. The molecule has 1 N–H and O–H groups in total. The second-order valence-corrected chi connectivity index (χ2v) is 5.09. The molecule has 2 aromatic carbocycles. The minimum atomic E-state index is -5.19. The van der Waals surface area contributed by atoms with E-state index in [1.807, 2.05) is 0 Å². The highest BCUT2D eigenvalue weighted by atomic mass is 19.4. The van der Waals surface area contributed by atoms with Gasteiger partial charge in [0.05, 0.1) is 5.56 Å². The molecule has 0 fully saturated rings. The van der Waals surface area contributed by atoms with Crippen molar-refractivity contribution < 1.29 is 31.4 Å². The average Bonchev–Trinajstić information content (AvgIpc) is 2.52. The van der Waals surface area contributed by atoms with Crippen molar-refractivity contribution in [3.05, 3.63) is 77.4 Å². The van der Waals surface area contributed by atoms with Crippen LogP contribution < -0.4 is 0 Å². The van der Waals surface area contributed by atoms with E-state index < -0.39 is 29.1 Å². The molecule has 128 valence electrons. The molecule has 0 heterocycles. The van der Waals surface area contributed by atoms with Gasteiger partial charge >= 0.3 is 12.4 Å². The molecule has 1 atom stereocenters. The van der Waals surface area contributed by atoms with Crippen LogP contribution in [0.3, 0.4) is 0 Å². The highest BCUT2D eigenvalue weighted by molar-refractivity contribution is 5.52. The van der Waals surface area contributed by atoms with E-state index >= 15 is 0 Å². The topological polar surface area (TPSA) is 20.2 Å². The predicted octanol–water partition coefficient (Wildman–Crippen LogP) is 5.17. The van der Waals surface area contributed by atoms with Gasteiger partial charge in [0, 0.05) is 0 Å². The number of aliphatic hydroxyl groups is 1. The molecular formula is C17H12F6O. The molecule has 0 bridgehead atoms. The summed E-state index contributed by atoms with van der Waals surface area (Å²) < 4.78 is 78.2. The lowest BCUT2D eigenvalue weighted by Crippen LogP contribution is -2.40. The van der Waals surface area contributed by atoms with Gasteiger partial charge in [0.2, 0.25) is 5.60 Å². The van der Waals surface area contributed by atoms with Crippen LogP contribution >= 0.6 is 0 Å². The number of alkyl halides is 6. The van der Waals surface area contributed by atoms with Gasteiger partial charge in [-0.1, -0.05) is 48.5 Å². The van der Waals surface area contributed by atoms with Crippen LogP contribution in [-0.4, -0.2) is 11.3 Å². The summed E-state index contributed by atoms with van der Waals surface area (Å²) in [5, 5.41) is 10.1. The van der Waals surface area contributed by atoms with Gasteiger partial charge < -0.3 is 5.11 Å². The molecule has 0 spiro atoms. The number of hydrogen-bond donors (Lipinski definition) is 1. The van der Waals surface area contributed by atoms with Crippen LogP contribution in [0, 0.1) is 0 Å². The Morgan fingerprint density at radius 2 is 1.33 bits per heavy atom. The number of rotatable bonds is 3. The van der Waals surface area contributed by atoms with Gasteiger partial charge in [0.1, 0.15) is 0 Å². The molecule has 0 aromatic heterocycles. The Morgan fingerprint density at radius 1 is 0.750 bits per heavy atom. The molecule has 1 nitrogen and oxygen atoms in total. The Kier molecular flexibility index (Phi) is 4.75. The van der Waals surface area contributed by atoms with Gasteiger partial charge in [-0.05, 0) is 29.3 Å². The smallest absolute Gasteiger partial charge is 0.373 e. The van der Waals surface area contributed by atoms with E-state index in [2.05, 4.69) is 0 Å². The van der Waals surface area contributed by atoms with Gasteiger partial charge in [-0.3, -0.25) is 0 Å². The molecule has 1 unspecified atom stereocenters. The molecule has 7 heteroatoms. The van der Waals surface area contributed by atoms with E-state index in [0.29, 0.717) is 23.8 Å². The molecule has 0 saturated carbocycles. The quantitative estimate of drug-likeness (QED) is 0.761. The van der Waals surface area contributed by atoms with E-state index in [9.17, 15) is 31.4 Å². The molecule has 2 rings (SSSR count). The second-order valence-electron chi connectivity index (χ2n) is 5.09. The van der Waals surface area contributed by atoms with Crippen LogP contribution in [0.1, 0.15) is 16.7 Å². The van der Waals surface area contributed by atoms with E-state index in [1.54, 1.807) is 18.2 Å². The summed E-state index contributed by atoms with van der Waals surface area (Å²) in [6.45, 7) is 0. The Hall–Kier alpha value is -2.28. The van der Waals surface area contributed by atoms with Crippen molar-refractivity contribution in [3.63, 3.8) is 0 Å². The highest BCUT2D eigenvalue weighted by Gasteiger charge is 2.53. The Balaban J connectivity index is 2.51. The molecular weight excluding hydrogens is 334 g/mol. The molecule has 24 heavy (non-hydrogen) atoms. The maximum atomic E-state index is 13.3. The third kappa shape index (κ3) is 3.79. The van der Waals surface area contributed by atoms with Crippen LogP contribution in [-0.2, 0) is 11.8 Å². The molecule has 2 aromatic rings. The summed E-state index contributed by atoms with van der Waals surface area (Å²) in [6, 6.07) is 10.4. The van der Waals surface area contributed by atoms with Crippen molar-refractivity contribution in [3.8, 4) is 0 Å². The zero-order chi connectivity index (χ0) is 18.0. The van der Waals surface area contributed by atoms with Crippen LogP contribution in [0.2, 0.25) is 0 Å². The minimum Gasteiger partial charge on any atom is -0.373 e. The first kappa shape index (κ1) is 18.1. The Labute approximate surface area is 133 Å². The molecule has 0 aliphatic heterocycles. The van der Waals surface area contributed by atoms with E-state index in [4.69, 9.17) is 0 Å². The Bertz CT molecular complexity index is 718. The first-order valence-corrected chi connectivity index (χ1v) is 6.75. The van der Waals surface area contributed by atoms with Crippen molar-refractivity contribution in [2.24, 2.45) is 0 Å². The zero-order valence-corrected chi connectivity index (χ0v) is 12.1. The van der Waals surface area contributed by atoms with Gasteiger partial charge in [-0.2, -0.15) is 26.3 Å². The van der Waals surface area contributed by atoms with Gasteiger partial charge in [-0.25, -0.2) is 0 Å². The number of benzene rings is 2. The third-order valence-corrected chi connectivity index (χ3v) is 3.38. The first-order chi connectivity index (χ1) is 11.0. The van der Waals surface area contributed by atoms with Crippen molar-refractivity contribution in [1.82, 2.24) is 0 Å². The zero-order valence-electron chi connectivity index (χ0n) is 12.1.